The maximum Gasteiger partial charge on any atom is 0.259 e. The molecular formula is C19H14FN3O2S. The molecule has 0 atom stereocenters. The van der Waals surface area contributed by atoms with Gasteiger partial charge in [-0.1, -0.05) is 17.4 Å². The molecule has 0 aliphatic carbocycles. The van der Waals surface area contributed by atoms with E-state index >= 15 is 0 Å². The Balaban J connectivity index is 1.69. The van der Waals surface area contributed by atoms with E-state index in [1.54, 1.807) is 26.2 Å². The molecule has 0 fully saturated rings. The van der Waals surface area contributed by atoms with Gasteiger partial charge in [0.05, 0.1) is 28.6 Å². The second-order valence-electron chi connectivity index (χ2n) is 5.74. The first-order valence-corrected chi connectivity index (χ1v) is 8.68. The minimum absolute atomic E-state index is 0.306. The van der Waals surface area contributed by atoms with E-state index in [9.17, 15) is 9.18 Å². The SMILES string of the molecule is COc1cccc2sc(NC(=O)c3cc4ccc(F)cc4nc3C)nc12. The first-order valence-electron chi connectivity index (χ1n) is 7.87. The summed E-state index contributed by atoms with van der Waals surface area (Å²) in [4.78, 5) is 21.5. The van der Waals surface area contributed by atoms with E-state index in [-0.39, 0.29) is 11.7 Å². The summed E-state index contributed by atoms with van der Waals surface area (Å²) in [6.07, 6.45) is 0. The van der Waals surface area contributed by atoms with E-state index in [0.29, 0.717) is 38.6 Å². The highest BCUT2D eigenvalue weighted by molar-refractivity contribution is 7.22. The van der Waals surface area contributed by atoms with Gasteiger partial charge in [0, 0.05) is 11.5 Å². The molecule has 1 N–H and O–H groups in total. The van der Waals surface area contributed by atoms with Gasteiger partial charge in [0.1, 0.15) is 17.1 Å². The number of methoxy groups -OCH3 is 1. The van der Waals surface area contributed by atoms with Crippen LogP contribution in [0, 0.1) is 12.7 Å². The third-order valence-corrected chi connectivity index (χ3v) is 4.97. The largest absolute Gasteiger partial charge is 0.494 e. The van der Waals surface area contributed by atoms with E-state index < -0.39 is 0 Å². The van der Waals surface area contributed by atoms with Gasteiger partial charge in [-0.25, -0.2) is 9.37 Å². The molecule has 0 spiro atoms. The summed E-state index contributed by atoms with van der Waals surface area (Å²) in [6, 6.07) is 11.6. The average Bonchev–Trinajstić information content (AvgIpc) is 3.03. The maximum absolute atomic E-state index is 13.3. The molecule has 0 saturated heterocycles. The number of rotatable bonds is 3. The Bertz CT molecular complexity index is 1160. The fourth-order valence-electron chi connectivity index (χ4n) is 2.77. The first kappa shape index (κ1) is 16.4. The summed E-state index contributed by atoms with van der Waals surface area (Å²) in [5.41, 5.74) is 2.18. The number of nitrogens with zero attached hydrogens (tertiary/aromatic N) is 2. The van der Waals surface area contributed by atoms with Crippen molar-refractivity contribution in [3.8, 4) is 5.75 Å². The molecular weight excluding hydrogens is 353 g/mol. The molecule has 0 bridgehead atoms. The number of aromatic nitrogens is 2. The summed E-state index contributed by atoms with van der Waals surface area (Å²) in [5.74, 6) is -0.00546. The van der Waals surface area contributed by atoms with Gasteiger partial charge in [0.25, 0.3) is 5.91 Å². The normalized spacial score (nSPS) is 11.0. The van der Waals surface area contributed by atoms with Gasteiger partial charge in [-0.15, -0.1) is 0 Å². The number of carbonyl (C=O) groups is 1. The van der Waals surface area contributed by atoms with E-state index in [0.717, 1.165) is 4.70 Å². The number of benzene rings is 2. The zero-order chi connectivity index (χ0) is 18.3. The highest BCUT2D eigenvalue weighted by atomic mass is 32.1. The van der Waals surface area contributed by atoms with Gasteiger partial charge >= 0.3 is 0 Å². The van der Waals surface area contributed by atoms with Crippen LogP contribution in [-0.4, -0.2) is 23.0 Å². The van der Waals surface area contributed by atoms with Gasteiger partial charge in [-0.05, 0) is 37.3 Å². The van der Waals surface area contributed by atoms with Crippen LogP contribution < -0.4 is 10.1 Å². The molecule has 5 nitrogen and oxygen atoms in total. The molecule has 0 aliphatic rings. The lowest BCUT2D eigenvalue weighted by atomic mass is 10.1. The van der Waals surface area contributed by atoms with Crippen molar-refractivity contribution in [3.05, 3.63) is 59.5 Å². The van der Waals surface area contributed by atoms with Crippen LogP contribution in [-0.2, 0) is 0 Å². The van der Waals surface area contributed by atoms with E-state index in [4.69, 9.17) is 4.74 Å². The number of carbonyl (C=O) groups excluding carboxylic acids is 1. The monoisotopic (exact) mass is 367 g/mol. The molecule has 26 heavy (non-hydrogen) atoms. The fraction of sp³-hybridized carbons (Fsp3) is 0.105. The maximum atomic E-state index is 13.3. The molecule has 4 aromatic rings. The van der Waals surface area contributed by atoms with Crippen molar-refractivity contribution < 1.29 is 13.9 Å². The highest BCUT2D eigenvalue weighted by Crippen LogP contribution is 2.32. The Morgan fingerprint density at radius 1 is 1.19 bits per heavy atom. The van der Waals surface area contributed by atoms with Crippen molar-refractivity contribution >= 4 is 43.5 Å². The highest BCUT2D eigenvalue weighted by Gasteiger charge is 2.15. The quantitative estimate of drug-likeness (QED) is 0.577. The van der Waals surface area contributed by atoms with Crippen LogP contribution >= 0.6 is 11.3 Å². The lowest BCUT2D eigenvalue weighted by molar-refractivity contribution is 0.102. The molecule has 1 amide bonds. The number of halogens is 1. The molecule has 130 valence electrons. The Labute approximate surface area is 152 Å². The van der Waals surface area contributed by atoms with Crippen LogP contribution in [0.25, 0.3) is 21.1 Å². The van der Waals surface area contributed by atoms with Crippen molar-refractivity contribution in [1.29, 1.82) is 0 Å². The summed E-state index contributed by atoms with van der Waals surface area (Å²) in [5, 5.41) is 4.00. The molecule has 4 rings (SSSR count). The fourth-order valence-corrected chi connectivity index (χ4v) is 3.65. The third-order valence-electron chi connectivity index (χ3n) is 4.04. The van der Waals surface area contributed by atoms with Gasteiger partial charge in [-0.2, -0.15) is 0 Å². The predicted octanol–water partition coefficient (Wildman–Crippen LogP) is 4.55. The topological polar surface area (TPSA) is 64.1 Å². The van der Waals surface area contributed by atoms with Crippen molar-refractivity contribution in [2.45, 2.75) is 6.92 Å². The number of thiazole rings is 1. The van der Waals surface area contributed by atoms with Crippen LogP contribution in [0.15, 0.2) is 42.5 Å². The molecule has 2 aromatic heterocycles. The van der Waals surface area contributed by atoms with Crippen LogP contribution in [0.3, 0.4) is 0 Å². The number of pyridine rings is 1. The van der Waals surface area contributed by atoms with Crippen LogP contribution in [0.5, 0.6) is 5.75 Å². The number of ether oxygens (including phenoxy) is 1. The second-order valence-corrected chi connectivity index (χ2v) is 6.77. The minimum Gasteiger partial charge on any atom is -0.494 e. The molecule has 2 aromatic carbocycles. The molecule has 0 saturated carbocycles. The number of amides is 1. The van der Waals surface area contributed by atoms with Crippen LogP contribution in [0.1, 0.15) is 16.1 Å². The number of hydrogen-bond donors (Lipinski definition) is 1. The number of aryl methyl sites for hydroxylation is 1. The first-order chi connectivity index (χ1) is 12.5. The number of fused-ring (bicyclic) bond motifs is 2. The van der Waals surface area contributed by atoms with Gasteiger partial charge in [-0.3, -0.25) is 15.1 Å². The third kappa shape index (κ3) is 2.86. The standard InChI is InChI=1S/C19H14FN3O2S/c1-10-13(8-11-6-7-12(20)9-14(11)21-10)18(24)23-19-22-17-15(25-2)4-3-5-16(17)26-19/h3-9H,1-2H3,(H,22,23,24). The van der Waals surface area contributed by atoms with Crippen molar-refractivity contribution in [2.75, 3.05) is 12.4 Å². The Morgan fingerprint density at radius 3 is 2.85 bits per heavy atom. The summed E-state index contributed by atoms with van der Waals surface area (Å²) in [6.45, 7) is 1.72. The average molecular weight is 367 g/mol. The van der Waals surface area contributed by atoms with Crippen LogP contribution in [0.4, 0.5) is 9.52 Å². The number of para-hydroxylation sites is 1. The van der Waals surface area contributed by atoms with E-state index in [1.807, 2.05) is 18.2 Å². The van der Waals surface area contributed by atoms with Gasteiger partial charge in [0.2, 0.25) is 0 Å². The Hall–Kier alpha value is -3.06. The number of hydrogen-bond acceptors (Lipinski definition) is 5. The summed E-state index contributed by atoms with van der Waals surface area (Å²) < 4.78 is 19.6. The Kier molecular flexibility index (Phi) is 4.00. The number of anilines is 1. The lowest BCUT2D eigenvalue weighted by Crippen LogP contribution is -2.14. The smallest absolute Gasteiger partial charge is 0.259 e. The molecule has 0 radical (unpaired) electrons. The van der Waals surface area contributed by atoms with Crippen molar-refractivity contribution in [2.24, 2.45) is 0 Å². The molecule has 2 heterocycles. The summed E-state index contributed by atoms with van der Waals surface area (Å²) >= 11 is 1.37. The minimum atomic E-state index is -0.356. The van der Waals surface area contributed by atoms with E-state index in [1.165, 1.54) is 23.5 Å². The number of nitrogens with one attached hydrogen (secondary N) is 1. The van der Waals surface area contributed by atoms with Gasteiger partial charge in [0.15, 0.2) is 5.13 Å². The van der Waals surface area contributed by atoms with Gasteiger partial charge < -0.3 is 4.74 Å². The summed E-state index contributed by atoms with van der Waals surface area (Å²) in [7, 11) is 1.58. The van der Waals surface area contributed by atoms with Crippen molar-refractivity contribution in [3.63, 3.8) is 0 Å². The van der Waals surface area contributed by atoms with Crippen LogP contribution in [0.2, 0.25) is 0 Å². The molecule has 0 aliphatic heterocycles. The zero-order valence-corrected chi connectivity index (χ0v) is 14.9. The molecule has 7 heteroatoms. The van der Waals surface area contributed by atoms with E-state index in [2.05, 4.69) is 15.3 Å². The second kappa shape index (κ2) is 6.34. The lowest BCUT2D eigenvalue weighted by Gasteiger charge is -2.07. The Morgan fingerprint density at radius 2 is 2.04 bits per heavy atom. The van der Waals surface area contributed by atoms with Crippen molar-refractivity contribution in [1.82, 2.24) is 9.97 Å². The predicted molar refractivity (Wildman–Crippen MR) is 101 cm³/mol. The zero-order valence-electron chi connectivity index (χ0n) is 14.0. The molecule has 0 unspecified atom stereocenters.